The fourth-order valence-corrected chi connectivity index (χ4v) is 3.36. The van der Waals surface area contributed by atoms with E-state index < -0.39 is 10.0 Å². The van der Waals surface area contributed by atoms with Crippen LogP contribution in [0.1, 0.15) is 15.9 Å². The summed E-state index contributed by atoms with van der Waals surface area (Å²) in [6, 6.07) is 12.3. The lowest BCUT2D eigenvalue weighted by atomic mass is 10.1. The van der Waals surface area contributed by atoms with Crippen LogP contribution in [0.5, 0.6) is 11.5 Å². The van der Waals surface area contributed by atoms with Gasteiger partial charge in [0, 0.05) is 12.6 Å². The van der Waals surface area contributed by atoms with Gasteiger partial charge in [-0.15, -0.1) is 0 Å². The van der Waals surface area contributed by atoms with E-state index in [0.29, 0.717) is 41.5 Å². The van der Waals surface area contributed by atoms with E-state index in [1.54, 1.807) is 25.1 Å². The Kier molecular flexibility index (Phi) is 5.27. The quantitative estimate of drug-likeness (QED) is 0.844. The van der Waals surface area contributed by atoms with Gasteiger partial charge < -0.3 is 14.8 Å². The molecule has 2 aromatic carbocycles. The van der Waals surface area contributed by atoms with Crippen molar-refractivity contribution in [3.05, 3.63) is 53.6 Å². The smallest absolute Gasteiger partial charge is 0.251 e. The van der Waals surface area contributed by atoms with E-state index in [1.807, 2.05) is 24.3 Å². The largest absolute Gasteiger partial charge is 0.486 e. The third kappa shape index (κ3) is 4.33. The molecule has 2 aromatic rings. The van der Waals surface area contributed by atoms with E-state index in [4.69, 9.17) is 9.47 Å². The number of fused-ring (bicyclic) bond motifs is 1. The maximum absolute atomic E-state index is 12.4. The number of ether oxygens (including phenoxy) is 2. The van der Waals surface area contributed by atoms with Gasteiger partial charge in [-0.2, -0.15) is 0 Å². The van der Waals surface area contributed by atoms with Crippen LogP contribution in [0.25, 0.3) is 0 Å². The zero-order chi connectivity index (χ0) is 19.6. The maximum Gasteiger partial charge on any atom is 0.251 e. The molecular weight excluding hydrogens is 368 g/mol. The number of aryl methyl sites for hydroxylation is 1. The van der Waals surface area contributed by atoms with Crippen LogP contribution in [-0.2, 0) is 10.0 Å². The van der Waals surface area contributed by atoms with Gasteiger partial charge in [-0.05, 0) is 42.8 Å². The lowest BCUT2D eigenvalue weighted by Gasteiger charge is -2.26. The Hall–Kier alpha value is -2.74. The molecule has 27 heavy (non-hydrogen) atoms. The number of anilines is 1. The predicted octanol–water partition coefficient (Wildman–Crippen LogP) is 1.96. The second kappa shape index (κ2) is 7.48. The molecule has 1 heterocycles. The maximum atomic E-state index is 12.4. The minimum atomic E-state index is -3.36. The molecule has 1 amide bonds. The Morgan fingerprint density at radius 3 is 2.59 bits per heavy atom. The first-order valence-electron chi connectivity index (χ1n) is 8.47. The minimum absolute atomic E-state index is 0.255. The summed E-state index contributed by atoms with van der Waals surface area (Å²) in [6.45, 7) is 2.43. The average Bonchev–Trinajstić information content (AvgIpc) is 2.64. The monoisotopic (exact) mass is 390 g/mol. The molecule has 0 fully saturated rings. The molecule has 1 aliphatic heterocycles. The van der Waals surface area contributed by atoms with Gasteiger partial charge in [0.2, 0.25) is 10.0 Å². The normalized spacial score (nSPS) is 15.9. The summed E-state index contributed by atoms with van der Waals surface area (Å²) >= 11 is 0. The minimum Gasteiger partial charge on any atom is -0.486 e. The summed E-state index contributed by atoms with van der Waals surface area (Å²) in [6.07, 6.45) is 0.859. The lowest BCUT2D eigenvalue weighted by molar-refractivity contribution is 0.0789. The van der Waals surface area contributed by atoms with Crippen LogP contribution in [0.2, 0.25) is 0 Å². The highest BCUT2D eigenvalue weighted by Crippen LogP contribution is 2.30. The number of sulfonamides is 1. The van der Waals surface area contributed by atoms with Gasteiger partial charge in [-0.3, -0.25) is 9.10 Å². The van der Waals surface area contributed by atoms with Crippen molar-refractivity contribution in [1.29, 1.82) is 0 Å². The second-order valence-electron chi connectivity index (χ2n) is 6.44. The Bertz CT molecular complexity index is 958. The Morgan fingerprint density at radius 1 is 1.22 bits per heavy atom. The lowest BCUT2D eigenvalue weighted by Crippen LogP contribution is -2.40. The van der Waals surface area contributed by atoms with E-state index in [9.17, 15) is 13.2 Å². The van der Waals surface area contributed by atoms with Gasteiger partial charge >= 0.3 is 0 Å². The number of carbonyl (C=O) groups excluding carboxylic acids is 1. The van der Waals surface area contributed by atoms with Gasteiger partial charge in [0.05, 0.1) is 18.5 Å². The van der Waals surface area contributed by atoms with Crippen LogP contribution in [0.15, 0.2) is 42.5 Å². The average molecular weight is 390 g/mol. The van der Waals surface area contributed by atoms with Crippen molar-refractivity contribution in [2.75, 3.05) is 30.8 Å². The molecule has 1 aliphatic rings. The topological polar surface area (TPSA) is 84.9 Å². The zero-order valence-corrected chi connectivity index (χ0v) is 16.2. The molecule has 0 aliphatic carbocycles. The van der Waals surface area contributed by atoms with Crippen molar-refractivity contribution < 1.29 is 22.7 Å². The van der Waals surface area contributed by atoms with Gasteiger partial charge in [-0.25, -0.2) is 8.42 Å². The van der Waals surface area contributed by atoms with Gasteiger partial charge in [0.15, 0.2) is 11.5 Å². The Labute approximate surface area is 158 Å². The van der Waals surface area contributed by atoms with Gasteiger partial charge in [0.1, 0.15) is 12.7 Å². The molecular formula is C19H22N2O5S. The number of amides is 1. The van der Waals surface area contributed by atoms with Crippen molar-refractivity contribution >= 4 is 21.6 Å². The molecule has 1 atom stereocenters. The van der Waals surface area contributed by atoms with E-state index in [2.05, 4.69) is 5.32 Å². The summed E-state index contributed by atoms with van der Waals surface area (Å²) in [5, 5.41) is 2.83. The van der Waals surface area contributed by atoms with Crippen LogP contribution in [0, 0.1) is 6.92 Å². The Balaban J connectivity index is 1.63. The predicted molar refractivity (Wildman–Crippen MR) is 103 cm³/mol. The number of carbonyl (C=O) groups is 1. The van der Waals surface area contributed by atoms with Crippen LogP contribution in [-0.4, -0.2) is 46.9 Å². The summed E-state index contributed by atoms with van der Waals surface area (Å²) in [5.41, 5.74) is 1.69. The highest BCUT2D eigenvalue weighted by molar-refractivity contribution is 7.92. The highest BCUT2D eigenvalue weighted by atomic mass is 32.2. The summed E-state index contributed by atoms with van der Waals surface area (Å²) < 4.78 is 36.0. The van der Waals surface area contributed by atoms with Crippen LogP contribution >= 0.6 is 0 Å². The molecule has 0 spiro atoms. The van der Waals surface area contributed by atoms with Gasteiger partial charge in [-0.1, -0.05) is 12.1 Å². The van der Waals surface area contributed by atoms with E-state index in [1.165, 1.54) is 11.4 Å². The van der Waals surface area contributed by atoms with E-state index in [0.717, 1.165) is 6.26 Å². The second-order valence-corrected chi connectivity index (χ2v) is 8.45. The Morgan fingerprint density at radius 2 is 1.93 bits per heavy atom. The third-order valence-electron chi connectivity index (χ3n) is 4.35. The number of rotatable bonds is 5. The van der Waals surface area contributed by atoms with Crippen molar-refractivity contribution in [3.63, 3.8) is 0 Å². The first kappa shape index (κ1) is 19.0. The number of nitrogens with one attached hydrogen (secondary N) is 1. The van der Waals surface area contributed by atoms with Crippen molar-refractivity contribution in [2.24, 2.45) is 0 Å². The molecule has 7 nitrogen and oxygen atoms in total. The van der Waals surface area contributed by atoms with Gasteiger partial charge in [0.25, 0.3) is 5.91 Å². The summed E-state index contributed by atoms with van der Waals surface area (Å²) in [4.78, 5) is 12.4. The first-order chi connectivity index (χ1) is 12.8. The zero-order valence-electron chi connectivity index (χ0n) is 15.4. The SMILES string of the molecule is Cc1cc(C(=O)NCC2COc3ccccc3O2)ccc1N(C)S(C)(=O)=O. The molecule has 0 saturated carbocycles. The fraction of sp³-hybridized carbons (Fsp3) is 0.316. The molecule has 1 N–H and O–H groups in total. The van der Waals surface area contributed by atoms with Crippen molar-refractivity contribution in [3.8, 4) is 11.5 Å². The standard InChI is InChI=1S/C19H22N2O5S/c1-13-10-14(8-9-16(13)21(2)27(3,23)24)19(22)20-11-15-12-25-17-6-4-5-7-18(17)26-15/h4-10,15H,11-12H2,1-3H3,(H,20,22). The third-order valence-corrected chi connectivity index (χ3v) is 5.55. The van der Waals surface area contributed by atoms with Crippen LogP contribution in [0.3, 0.4) is 0 Å². The van der Waals surface area contributed by atoms with Crippen molar-refractivity contribution in [1.82, 2.24) is 5.32 Å². The summed E-state index contributed by atoms with van der Waals surface area (Å²) in [5.74, 6) is 1.10. The van der Waals surface area contributed by atoms with Crippen LogP contribution in [0.4, 0.5) is 5.69 Å². The van der Waals surface area contributed by atoms with Crippen LogP contribution < -0.4 is 19.1 Å². The highest BCUT2D eigenvalue weighted by Gasteiger charge is 2.22. The van der Waals surface area contributed by atoms with Crippen molar-refractivity contribution in [2.45, 2.75) is 13.0 Å². The summed E-state index contributed by atoms with van der Waals surface area (Å²) in [7, 11) is -1.88. The molecule has 0 aromatic heterocycles. The molecule has 3 rings (SSSR count). The molecule has 0 bridgehead atoms. The fourth-order valence-electron chi connectivity index (χ4n) is 2.80. The molecule has 0 radical (unpaired) electrons. The molecule has 1 unspecified atom stereocenters. The number of nitrogens with zero attached hydrogens (tertiary/aromatic N) is 1. The van der Waals surface area contributed by atoms with E-state index in [-0.39, 0.29) is 12.0 Å². The number of hydrogen-bond donors (Lipinski definition) is 1. The first-order valence-corrected chi connectivity index (χ1v) is 10.3. The molecule has 0 saturated heterocycles. The number of benzene rings is 2. The van der Waals surface area contributed by atoms with E-state index >= 15 is 0 Å². The molecule has 144 valence electrons. The molecule has 8 heteroatoms. The number of hydrogen-bond acceptors (Lipinski definition) is 5. The number of para-hydroxylation sites is 2.